The summed E-state index contributed by atoms with van der Waals surface area (Å²) in [5.74, 6) is -5.96. The summed E-state index contributed by atoms with van der Waals surface area (Å²) in [5.41, 5.74) is -6.96. The minimum absolute atomic E-state index is 0.0507. The number of fused-ring (bicyclic) bond motifs is 1. The molecule has 0 aromatic rings. The molecule has 1 spiro atoms. The fourth-order valence-electron chi connectivity index (χ4n) is 8.06. The SMILES string of the molecule is CCCCCCCC(=O)OC1/C(C)=C\[C@@H]2OC(=O)[C@]3(C)O[C@]23C(OC(C)=O)[C@H]2[C@](C)(O)[C@H](OC(C)=O)C=C[C@]2(C)[C@@H](OC(C)=O)[C@@H]1OC(C)=O. The highest BCUT2D eigenvalue weighted by atomic mass is 16.7. The van der Waals surface area contributed by atoms with Crippen molar-refractivity contribution in [3.8, 4) is 0 Å². The molecule has 2 heterocycles. The molecule has 0 amide bonds. The van der Waals surface area contributed by atoms with Crippen molar-refractivity contribution in [2.75, 3.05) is 0 Å². The quantitative estimate of drug-likeness (QED) is 0.108. The highest BCUT2D eigenvalue weighted by molar-refractivity contribution is 5.89. The molecule has 2 unspecified atom stereocenters. The van der Waals surface area contributed by atoms with E-state index in [1.54, 1.807) is 13.8 Å². The van der Waals surface area contributed by atoms with Crippen LogP contribution in [-0.4, -0.2) is 94.3 Å². The van der Waals surface area contributed by atoms with Crippen LogP contribution in [0.5, 0.6) is 0 Å². The standard InChI is InChI=1S/C36H50O14/c1-10-11-12-13-14-15-26(41)49-27-19(2)18-25-36(35(9,50-36)32(42)48-25)31(47-23(6)40)29-33(7,17-16-24(34(29,8)43)44-20(3)37)30(46-22(5)39)28(27)45-21(4)38/h16-18,24-25,27-31,43H,10-15H2,1-9H3/b19-18-/t24-,25+,27?,28-,29-,30+,31?,33+,34-,35+,36+/m1/s1. The van der Waals surface area contributed by atoms with Gasteiger partial charge in [0.25, 0.3) is 0 Å². The van der Waals surface area contributed by atoms with Gasteiger partial charge in [0.1, 0.15) is 17.8 Å². The third kappa shape index (κ3) is 7.05. The van der Waals surface area contributed by atoms with Crippen LogP contribution in [-0.2, 0) is 61.9 Å². The van der Waals surface area contributed by atoms with Gasteiger partial charge in [0, 0.05) is 45.4 Å². The summed E-state index contributed by atoms with van der Waals surface area (Å²) in [4.78, 5) is 77.7. The minimum Gasteiger partial charge on any atom is -0.459 e. The van der Waals surface area contributed by atoms with Crippen LogP contribution in [0.25, 0.3) is 0 Å². The lowest BCUT2D eigenvalue weighted by Crippen LogP contribution is -2.69. The molecule has 11 atom stereocenters. The number of carbonyl (C=O) groups is 6. The molecule has 14 heteroatoms. The molecule has 4 rings (SSSR count). The Balaban J connectivity index is 2.01. The van der Waals surface area contributed by atoms with Gasteiger partial charge in [0.15, 0.2) is 35.6 Å². The fourth-order valence-corrected chi connectivity index (χ4v) is 8.06. The van der Waals surface area contributed by atoms with Gasteiger partial charge in [-0.2, -0.15) is 0 Å². The molecule has 0 bridgehead atoms. The topological polar surface area (TPSA) is 191 Å². The largest absolute Gasteiger partial charge is 0.459 e. The second-order valence-corrected chi connectivity index (χ2v) is 14.3. The van der Waals surface area contributed by atoms with Crippen LogP contribution in [0.2, 0.25) is 0 Å². The van der Waals surface area contributed by atoms with Crippen LogP contribution in [0.4, 0.5) is 0 Å². The first-order valence-corrected chi connectivity index (χ1v) is 17.2. The number of carbonyl (C=O) groups excluding carboxylic acids is 6. The Hall–Kier alpha value is -3.78. The Morgan fingerprint density at radius 1 is 0.820 bits per heavy atom. The first-order chi connectivity index (χ1) is 23.3. The summed E-state index contributed by atoms with van der Waals surface area (Å²) in [6.45, 7) is 12.6. The second kappa shape index (κ2) is 14.5. The molecule has 2 aliphatic carbocycles. The van der Waals surface area contributed by atoms with Crippen LogP contribution in [0.1, 0.15) is 101 Å². The van der Waals surface area contributed by atoms with E-state index in [2.05, 4.69) is 6.92 Å². The van der Waals surface area contributed by atoms with E-state index in [4.69, 9.17) is 33.2 Å². The number of esters is 6. The Labute approximate surface area is 292 Å². The maximum absolute atomic E-state index is 13.4. The zero-order chi connectivity index (χ0) is 37.4. The van der Waals surface area contributed by atoms with E-state index < -0.39 is 101 Å². The first-order valence-electron chi connectivity index (χ1n) is 17.2. The van der Waals surface area contributed by atoms with Crippen LogP contribution in [0, 0.1) is 11.3 Å². The Bertz CT molecular complexity index is 1450. The number of rotatable bonds is 11. The molecule has 1 N–H and O–H groups in total. The molecule has 4 aliphatic rings. The van der Waals surface area contributed by atoms with Gasteiger partial charge in [-0.1, -0.05) is 45.6 Å². The maximum atomic E-state index is 13.4. The van der Waals surface area contributed by atoms with Crippen molar-refractivity contribution in [1.29, 1.82) is 0 Å². The molecule has 14 nitrogen and oxygen atoms in total. The normalized spacial score (nSPS) is 39.6. The highest BCUT2D eigenvalue weighted by Crippen LogP contribution is 2.65. The number of unbranched alkanes of at least 4 members (excludes halogenated alkanes) is 4. The summed E-state index contributed by atoms with van der Waals surface area (Å²) in [5, 5.41) is 12.5. The number of epoxide rings is 1. The van der Waals surface area contributed by atoms with E-state index in [0.29, 0.717) is 6.42 Å². The summed E-state index contributed by atoms with van der Waals surface area (Å²) in [7, 11) is 0. The van der Waals surface area contributed by atoms with Gasteiger partial charge in [-0.25, -0.2) is 4.79 Å². The molecular weight excluding hydrogens is 656 g/mol. The van der Waals surface area contributed by atoms with Crippen molar-refractivity contribution in [3.63, 3.8) is 0 Å². The lowest BCUT2D eigenvalue weighted by atomic mass is 9.55. The number of hydrogen-bond donors (Lipinski definition) is 1. The van der Waals surface area contributed by atoms with Crippen molar-refractivity contribution in [2.45, 2.75) is 154 Å². The van der Waals surface area contributed by atoms with Crippen LogP contribution >= 0.6 is 0 Å². The second-order valence-electron chi connectivity index (χ2n) is 14.3. The molecule has 50 heavy (non-hydrogen) atoms. The Morgan fingerprint density at radius 2 is 1.40 bits per heavy atom. The smallest absolute Gasteiger partial charge is 0.342 e. The number of hydrogen-bond acceptors (Lipinski definition) is 14. The highest BCUT2D eigenvalue weighted by Gasteiger charge is 2.88. The molecule has 0 aromatic heterocycles. The average molecular weight is 707 g/mol. The van der Waals surface area contributed by atoms with E-state index in [0.717, 1.165) is 53.4 Å². The zero-order valence-corrected chi connectivity index (χ0v) is 30.3. The van der Waals surface area contributed by atoms with Crippen LogP contribution in [0.15, 0.2) is 23.8 Å². The van der Waals surface area contributed by atoms with E-state index in [1.165, 1.54) is 32.1 Å². The molecule has 0 saturated carbocycles. The number of aliphatic hydroxyl groups is 1. The summed E-state index contributed by atoms with van der Waals surface area (Å²) < 4.78 is 41.5. The monoisotopic (exact) mass is 706 g/mol. The van der Waals surface area contributed by atoms with Gasteiger partial charge in [-0.05, 0) is 44.9 Å². The summed E-state index contributed by atoms with van der Waals surface area (Å²) in [6, 6.07) is 0. The van der Waals surface area contributed by atoms with Gasteiger partial charge >= 0.3 is 35.8 Å². The van der Waals surface area contributed by atoms with Gasteiger partial charge in [-0.3, -0.25) is 24.0 Å². The lowest BCUT2D eigenvalue weighted by Gasteiger charge is -2.56. The fraction of sp³-hybridized carbons (Fsp3) is 0.722. The van der Waals surface area contributed by atoms with Gasteiger partial charge < -0.3 is 38.3 Å². The third-order valence-electron chi connectivity index (χ3n) is 10.4. The van der Waals surface area contributed by atoms with Crippen molar-refractivity contribution in [1.82, 2.24) is 0 Å². The lowest BCUT2D eigenvalue weighted by molar-refractivity contribution is -0.233. The predicted molar refractivity (Wildman–Crippen MR) is 173 cm³/mol. The van der Waals surface area contributed by atoms with E-state index in [1.807, 2.05) is 0 Å². The molecule has 2 fully saturated rings. The maximum Gasteiger partial charge on any atom is 0.342 e. The molecule has 278 valence electrons. The Kier molecular flexibility index (Phi) is 11.3. The van der Waals surface area contributed by atoms with Crippen molar-refractivity contribution < 1.29 is 67.0 Å². The first kappa shape index (κ1) is 39.0. The Morgan fingerprint density at radius 3 is 1.96 bits per heavy atom. The van der Waals surface area contributed by atoms with Gasteiger partial charge in [-0.15, -0.1) is 0 Å². The average Bonchev–Trinajstić information content (AvgIpc) is 3.58. The summed E-state index contributed by atoms with van der Waals surface area (Å²) in [6.07, 6.45) is 0.171. The van der Waals surface area contributed by atoms with Crippen molar-refractivity contribution >= 4 is 35.8 Å². The third-order valence-corrected chi connectivity index (χ3v) is 10.4. The molecule has 2 aliphatic heterocycles. The molecule has 0 aromatic carbocycles. The van der Waals surface area contributed by atoms with Crippen LogP contribution in [0.3, 0.4) is 0 Å². The number of ether oxygens (including phenoxy) is 7. The molecular formula is C36H50O14. The zero-order valence-electron chi connectivity index (χ0n) is 30.3. The summed E-state index contributed by atoms with van der Waals surface area (Å²) >= 11 is 0. The minimum atomic E-state index is -2.13. The van der Waals surface area contributed by atoms with Crippen LogP contribution < -0.4 is 0 Å². The van der Waals surface area contributed by atoms with E-state index in [-0.39, 0.29) is 12.0 Å². The predicted octanol–water partition coefficient (Wildman–Crippen LogP) is 3.34. The van der Waals surface area contributed by atoms with Gasteiger partial charge in [0.2, 0.25) is 0 Å². The van der Waals surface area contributed by atoms with E-state index >= 15 is 0 Å². The van der Waals surface area contributed by atoms with Crippen molar-refractivity contribution in [2.24, 2.45) is 11.3 Å². The van der Waals surface area contributed by atoms with Gasteiger partial charge in [0.05, 0.1) is 0 Å². The van der Waals surface area contributed by atoms with Crippen molar-refractivity contribution in [3.05, 3.63) is 23.8 Å². The molecule has 0 radical (unpaired) electrons. The van der Waals surface area contributed by atoms with E-state index in [9.17, 15) is 33.9 Å². The molecule has 2 saturated heterocycles.